The van der Waals surface area contributed by atoms with E-state index in [0.717, 1.165) is 36.5 Å². The predicted octanol–water partition coefficient (Wildman–Crippen LogP) is 8.23. The smallest absolute Gasteiger partial charge is 0.138 e. The van der Waals surface area contributed by atoms with Crippen LogP contribution in [0.2, 0.25) is 0 Å². The van der Waals surface area contributed by atoms with Crippen molar-refractivity contribution in [1.82, 2.24) is 0 Å². The lowest BCUT2D eigenvalue weighted by Crippen LogP contribution is -2.66. The quantitative estimate of drug-likeness (QED) is 0.387. The summed E-state index contributed by atoms with van der Waals surface area (Å²) in [4.78, 5) is 12.9. The first-order chi connectivity index (χ1) is 14.3. The minimum atomic E-state index is -0.129. The summed E-state index contributed by atoms with van der Waals surface area (Å²) in [5.41, 5.74) is 3.03. The number of carbonyl (C=O) groups excluding carboxylic acids is 1. The zero-order valence-electron chi connectivity index (χ0n) is 21.6. The Morgan fingerprint density at radius 1 is 0.742 bits per heavy atom. The first kappa shape index (κ1) is 22.2. The molecule has 5 rings (SSSR count). The van der Waals surface area contributed by atoms with Crippen LogP contribution in [0.5, 0.6) is 0 Å². The standard InChI is InChI=1S/C30H48O/c1-19(2)20-11-15-27(5)21(20)12-17-29(7)23(27)9-10-24-28(6)16-14-25(31)26(3,4)22(28)13-18-30(24,29)8/h20-24H,1,9-18H2,2-8H3. The summed E-state index contributed by atoms with van der Waals surface area (Å²) in [6.45, 7) is 22.0. The molecule has 0 aromatic rings. The van der Waals surface area contributed by atoms with Crippen molar-refractivity contribution < 1.29 is 4.79 Å². The third-order valence-electron chi connectivity index (χ3n) is 13.3. The van der Waals surface area contributed by atoms with Crippen molar-refractivity contribution in [2.24, 2.45) is 56.7 Å². The fraction of sp³-hybridized carbons (Fsp3) is 0.900. The lowest BCUT2D eigenvalue weighted by Gasteiger charge is -2.72. The maximum absolute atomic E-state index is 12.9. The van der Waals surface area contributed by atoms with Gasteiger partial charge in [-0.05, 0) is 116 Å². The fourth-order valence-electron chi connectivity index (χ4n) is 11.6. The second-order valence-electron chi connectivity index (χ2n) is 14.4. The van der Waals surface area contributed by atoms with Crippen molar-refractivity contribution in [2.45, 2.75) is 113 Å². The fourth-order valence-corrected chi connectivity index (χ4v) is 11.6. The van der Waals surface area contributed by atoms with E-state index in [1.165, 1.54) is 56.9 Å². The summed E-state index contributed by atoms with van der Waals surface area (Å²) in [7, 11) is 0. The van der Waals surface area contributed by atoms with Gasteiger partial charge in [-0.15, -0.1) is 0 Å². The van der Waals surface area contributed by atoms with Crippen LogP contribution in [0.3, 0.4) is 0 Å². The van der Waals surface area contributed by atoms with Gasteiger partial charge < -0.3 is 0 Å². The van der Waals surface area contributed by atoms with Crippen molar-refractivity contribution >= 4 is 5.78 Å². The molecule has 0 spiro atoms. The van der Waals surface area contributed by atoms with Gasteiger partial charge in [0, 0.05) is 11.8 Å². The Hall–Kier alpha value is -0.590. The van der Waals surface area contributed by atoms with Gasteiger partial charge in [0.1, 0.15) is 5.78 Å². The highest BCUT2D eigenvalue weighted by atomic mass is 16.1. The average molecular weight is 425 g/mol. The molecule has 0 saturated heterocycles. The molecule has 5 fully saturated rings. The minimum Gasteiger partial charge on any atom is -0.299 e. The van der Waals surface area contributed by atoms with E-state index in [9.17, 15) is 4.79 Å². The molecule has 0 radical (unpaired) electrons. The molecular weight excluding hydrogens is 376 g/mol. The van der Waals surface area contributed by atoms with Crippen LogP contribution in [0.15, 0.2) is 12.2 Å². The van der Waals surface area contributed by atoms with E-state index in [1.807, 2.05) is 0 Å². The Bertz CT molecular complexity index is 807. The van der Waals surface area contributed by atoms with Gasteiger partial charge in [0.25, 0.3) is 0 Å². The Kier molecular flexibility index (Phi) is 4.66. The number of carbonyl (C=O) groups is 1. The largest absolute Gasteiger partial charge is 0.299 e. The molecule has 0 amide bonds. The molecule has 0 aliphatic heterocycles. The highest BCUT2D eigenvalue weighted by molar-refractivity contribution is 5.85. The van der Waals surface area contributed by atoms with Gasteiger partial charge in [0.2, 0.25) is 0 Å². The molecule has 9 atom stereocenters. The summed E-state index contributed by atoms with van der Waals surface area (Å²) in [5.74, 6) is 4.38. The number of ketones is 1. The maximum Gasteiger partial charge on any atom is 0.138 e. The Morgan fingerprint density at radius 3 is 1.94 bits per heavy atom. The second kappa shape index (κ2) is 6.50. The molecule has 5 aliphatic carbocycles. The molecule has 5 saturated carbocycles. The first-order valence-electron chi connectivity index (χ1n) is 13.5. The summed E-state index contributed by atoms with van der Waals surface area (Å²) >= 11 is 0. The van der Waals surface area contributed by atoms with Crippen LogP contribution in [0.25, 0.3) is 0 Å². The number of Topliss-reactive ketones (excluding diaryl/α,β-unsaturated/α-hetero) is 1. The van der Waals surface area contributed by atoms with Gasteiger partial charge in [0.15, 0.2) is 0 Å². The van der Waals surface area contributed by atoms with E-state index < -0.39 is 0 Å². The van der Waals surface area contributed by atoms with Gasteiger partial charge in [0.05, 0.1) is 0 Å². The van der Waals surface area contributed by atoms with E-state index in [2.05, 4.69) is 55.0 Å². The Balaban J connectivity index is 1.53. The van der Waals surface area contributed by atoms with Crippen molar-refractivity contribution in [3.63, 3.8) is 0 Å². The van der Waals surface area contributed by atoms with Crippen LogP contribution < -0.4 is 0 Å². The number of rotatable bonds is 1. The molecule has 1 nitrogen and oxygen atoms in total. The molecule has 5 aliphatic rings. The third kappa shape index (κ3) is 2.53. The molecule has 0 aromatic carbocycles. The van der Waals surface area contributed by atoms with Gasteiger partial charge >= 0.3 is 0 Å². The van der Waals surface area contributed by atoms with E-state index in [0.29, 0.717) is 33.4 Å². The number of fused-ring (bicyclic) bond motifs is 7. The minimum absolute atomic E-state index is 0.129. The summed E-state index contributed by atoms with van der Waals surface area (Å²) in [6, 6.07) is 0. The summed E-state index contributed by atoms with van der Waals surface area (Å²) in [5, 5.41) is 0. The predicted molar refractivity (Wildman–Crippen MR) is 130 cm³/mol. The molecule has 0 bridgehead atoms. The third-order valence-corrected chi connectivity index (χ3v) is 13.3. The molecule has 0 heterocycles. The molecule has 0 aromatic heterocycles. The maximum atomic E-state index is 12.9. The Morgan fingerprint density at radius 2 is 1.32 bits per heavy atom. The summed E-state index contributed by atoms with van der Waals surface area (Å²) in [6.07, 6.45) is 13.0. The second-order valence-corrected chi connectivity index (χ2v) is 14.4. The van der Waals surface area contributed by atoms with Gasteiger partial charge in [-0.25, -0.2) is 0 Å². The number of hydrogen-bond donors (Lipinski definition) is 0. The van der Waals surface area contributed by atoms with Crippen LogP contribution in [-0.2, 0) is 4.79 Å². The van der Waals surface area contributed by atoms with Crippen LogP contribution in [0.4, 0.5) is 0 Å². The van der Waals surface area contributed by atoms with Gasteiger partial charge in [-0.1, -0.05) is 53.7 Å². The number of hydrogen-bond acceptors (Lipinski definition) is 1. The van der Waals surface area contributed by atoms with E-state index >= 15 is 0 Å². The highest BCUT2D eigenvalue weighted by Gasteiger charge is 2.70. The molecule has 174 valence electrons. The molecule has 1 heteroatoms. The SMILES string of the molecule is C=C(C)C1CCC2(C)C1CCC1(C)C2CCC2C3(C)CCC(=O)C(C)(C)C3CCC21C. The zero-order chi connectivity index (χ0) is 22.6. The molecule has 9 unspecified atom stereocenters. The highest BCUT2D eigenvalue weighted by Crippen LogP contribution is 2.77. The van der Waals surface area contributed by atoms with E-state index in [1.54, 1.807) is 0 Å². The van der Waals surface area contributed by atoms with Crippen molar-refractivity contribution in [1.29, 1.82) is 0 Å². The van der Waals surface area contributed by atoms with Crippen LogP contribution in [-0.4, -0.2) is 5.78 Å². The molecular formula is C30H48O. The lowest BCUT2D eigenvalue weighted by atomic mass is 9.32. The Labute approximate surface area is 192 Å². The van der Waals surface area contributed by atoms with Gasteiger partial charge in [-0.3, -0.25) is 4.79 Å². The first-order valence-corrected chi connectivity index (χ1v) is 13.5. The lowest BCUT2D eigenvalue weighted by molar-refractivity contribution is -0.237. The van der Waals surface area contributed by atoms with Crippen LogP contribution in [0, 0.1) is 56.7 Å². The monoisotopic (exact) mass is 424 g/mol. The molecule has 31 heavy (non-hydrogen) atoms. The number of allylic oxidation sites excluding steroid dienone is 1. The van der Waals surface area contributed by atoms with Crippen molar-refractivity contribution in [3.8, 4) is 0 Å². The summed E-state index contributed by atoms with van der Waals surface area (Å²) < 4.78 is 0. The van der Waals surface area contributed by atoms with Crippen molar-refractivity contribution in [3.05, 3.63) is 12.2 Å². The topological polar surface area (TPSA) is 17.1 Å². The van der Waals surface area contributed by atoms with E-state index in [4.69, 9.17) is 0 Å². The van der Waals surface area contributed by atoms with Gasteiger partial charge in [-0.2, -0.15) is 0 Å². The normalized spacial score (nSPS) is 55.6. The average Bonchev–Trinajstić information content (AvgIpc) is 3.03. The zero-order valence-corrected chi connectivity index (χ0v) is 21.6. The van der Waals surface area contributed by atoms with E-state index in [-0.39, 0.29) is 5.41 Å². The van der Waals surface area contributed by atoms with Crippen molar-refractivity contribution in [2.75, 3.05) is 0 Å². The van der Waals surface area contributed by atoms with Crippen LogP contribution in [0.1, 0.15) is 113 Å². The molecule has 0 N–H and O–H groups in total. The van der Waals surface area contributed by atoms with Crippen LogP contribution >= 0.6 is 0 Å².